The lowest BCUT2D eigenvalue weighted by molar-refractivity contribution is 0.0861. The summed E-state index contributed by atoms with van der Waals surface area (Å²) in [6, 6.07) is 11.3. The smallest absolute Gasteiger partial charge is 0.261 e. The van der Waals surface area contributed by atoms with Gasteiger partial charge < -0.3 is 0 Å². The molecule has 0 spiro atoms. The van der Waals surface area contributed by atoms with Gasteiger partial charge in [-0.05, 0) is 43.2 Å². The molecule has 25 heavy (non-hydrogen) atoms. The highest BCUT2D eigenvalue weighted by Crippen LogP contribution is 2.27. The van der Waals surface area contributed by atoms with Crippen LogP contribution in [0.5, 0.6) is 0 Å². The van der Waals surface area contributed by atoms with Crippen LogP contribution >= 0.6 is 35.0 Å². The number of hydrogen-bond donors (Lipinski definition) is 0. The lowest BCUT2D eigenvalue weighted by atomic mass is 10.1. The third kappa shape index (κ3) is 4.20. The minimum Gasteiger partial charge on any atom is -0.286 e. The molecular weight excluding hydrogens is 375 g/mol. The van der Waals surface area contributed by atoms with Gasteiger partial charge in [-0.1, -0.05) is 58.7 Å². The Kier molecular flexibility index (Phi) is 5.72. The van der Waals surface area contributed by atoms with Crippen molar-refractivity contribution >= 4 is 46.0 Å². The highest BCUT2D eigenvalue weighted by molar-refractivity contribution is 8.13. The topological polar surface area (TPSA) is 32.7 Å². The van der Waals surface area contributed by atoms with E-state index in [1.807, 2.05) is 0 Å². The van der Waals surface area contributed by atoms with E-state index >= 15 is 0 Å². The van der Waals surface area contributed by atoms with E-state index in [1.54, 1.807) is 34.9 Å². The van der Waals surface area contributed by atoms with Crippen LogP contribution in [-0.2, 0) is 5.75 Å². The third-order valence-electron chi connectivity index (χ3n) is 4.07. The number of amides is 1. The number of rotatable bonds is 3. The van der Waals surface area contributed by atoms with Crippen LogP contribution in [0.3, 0.4) is 0 Å². The summed E-state index contributed by atoms with van der Waals surface area (Å²) in [5, 5.41) is 1.63. The second-order valence-corrected chi connectivity index (χ2v) is 7.75. The largest absolute Gasteiger partial charge is 0.286 e. The highest BCUT2D eigenvalue weighted by atomic mass is 35.5. The van der Waals surface area contributed by atoms with Crippen molar-refractivity contribution in [3.8, 4) is 0 Å². The molecule has 0 fully saturated rings. The molecule has 1 heterocycles. The van der Waals surface area contributed by atoms with E-state index in [9.17, 15) is 4.79 Å². The zero-order valence-corrected chi connectivity index (χ0v) is 16.4. The second kappa shape index (κ2) is 7.81. The molecule has 0 saturated carbocycles. The summed E-state index contributed by atoms with van der Waals surface area (Å²) < 4.78 is 0. The lowest BCUT2D eigenvalue weighted by Crippen LogP contribution is -2.33. The molecule has 0 aliphatic carbocycles. The van der Waals surface area contributed by atoms with Crippen molar-refractivity contribution in [2.45, 2.75) is 19.6 Å². The second-order valence-electron chi connectivity index (χ2n) is 5.96. The van der Waals surface area contributed by atoms with Crippen molar-refractivity contribution in [3.63, 3.8) is 0 Å². The first-order valence-corrected chi connectivity index (χ1v) is 9.70. The molecule has 1 amide bonds. The van der Waals surface area contributed by atoms with Gasteiger partial charge >= 0.3 is 0 Å². The quantitative estimate of drug-likeness (QED) is 0.704. The summed E-state index contributed by atoms with van der Waals surface area (Å²) >= 11 is 13.7. The molecule has 2 aromatic rings. The number of nitrogens with zero attached hydrogens (tertiary/aromatic N) is 2. The molecule has 0 saturated heterocycles. The molecule has 0 radical (unpaired) electrons. The predicted molar refractivity (Wildman–Crippen MR) is 107 cm³/mol. The Balaban J connectivity index is 1.74. The van der Waals surface area contributed by atoms with Gasteiger partial charge in [0, 0.05) is 17.3 Å². The zero-order chi connectivity index (χ0) is 18.0. The number of aryl methyl sites for hydroxylation is 2. The fourth-order valence-corrected chi connectivity index (χ4v) is 4.24. The van der Waals surface area contributed by atoms with Crippen LogP contribution in [0.4, 0.5) is 0 Å². The fraction of sp³-hybridized carbons (Fsp3) is 0.263. The Hall–Kier alpha value is -1.49. The summed E-state index contributed by atoms with van der Waals surface area (Å²) in [6.45, 7) is 5.38. The van der Waals surface area contributed by atoms with Gasteiger partial charge in [0.05, 0.1) is 17.1 Å². The van der Waals surface area contributed by atoms with E-state index in [-0.39, 0.29) is 5.91 Å². The minimum atomic E-state index is -0.133. The van der Waals surface area contributed by atoms with Gasteiger partial charge in [-0.25, -0.2) is 0 Å². The summed E-state index contributed by atoms with van der Waals surface area (Å²) in [5.41, 5.74) is 4.19. The number of hydrogen-bond acceptors (Lipinski definition) is 3. The van der Waals surface area contributed by atoms with Crippen LogP contribution in [0.25, 0.3) is 0 Å². The number of thioether (sulfide) groups is 1. The van der Waals surface area contributed by atoms with Crippen molar-refractivity contribution in [2.24, 2.45) is 4.99 Å². The van der Waals surface area contributed by atoms with Crippen LogP contribution in [0.15, 0.2) is 41.4 Å². The van der Waals surface area contributed by atoms with Gasteiger partial charge in [0.2, 0.25) is 0 Å². The van der Waals surface area contributed by atoms with Gasteiger partial charge in [-0.2, -0.15) is 0 Å². The molecule has 0 aromatic heterocycles. The van der Waals surface area contributed by atoms with E-state index in [0.717, 1.165) is 10.9 Å². The highest BCUT2D eigenvalue weighted by Gasteiger charge is 2.26. The monoisotopic (exact) mass is 392 g/mol. The van der Waals surface area contributed by atoms with E-state index in [4.69, 9.17) is 23.2 Å². The van der Waals surface area contributed by atoms with Gasteiger partial charge in [-0.15, -0.1) is 0 Å². The van der Waals surface area contributed by atoms with E-state index < -0.39 is 0 Å². The van der Waals surface area contributed by atoms with Crippen LogP contribution in [-0.4, -0.2) is 29.1 Å². The minimum absolute atomic E-state index is 0.133. The van der Waals surface area contributed by atoms with Crippen LogP contribution < -0.4 is 0 Å². The molecule has 0 atom stereocenters. The summed E-state index contributed by atoms with van der Waals surface area (Å²) in [7, 11) is 0. The molecule has 2 aromatic carbocycles. The number of amidine groups is 1. The number of halogens is 2. The number of aliphatic imine (C=N–C) groups is 1. The van der Waals surface area contributed by atoms with Crippen molar-refractivity contribution in [1.82, 2.24) is 4.90 Å². The molecule has 0 N–H and O–H groups in total. The first kappa shape index (κ1) is 18.3. The molecule has 1 aliphatic heterocycles. The van der Waals surface area contributed by atoms with Crippen LogP contribution in [0, 0.1) is 13.8 Å². The number of carbonyl (C=O) groups is 1. The van der Waals surface area contributed by atoms with Gasteiger partial charge in [0.25, 0.3) is 5.91 Å². The van der Waals surface area contributed by atoms with E-state index in [0.29, 0.717) is 28.7 Å². The van der Waals surface area contributed by atoms with Gasteiger partial charge in [0.1, 0.15) is 0 Å². The van der Waals surface area contributed by atoms with E-state index in [1.165, 1.54) is 16.7 Å². The standard InChI is InChI=1S/C19H18Cl2N2OS/c1-12-3-4-13(2)14(9-12)11-25-19-22-7-8-23(19)18(24)16-6-5-15(20)10-17(16)21/h3-6,9-10H,7-8,11H2,1-2H3. The van der Waals surface area contributed by atoms with Crippen molar-refractivity contribution < 1.29 is 4.79 Å². The summed E-state index contributed by atoms with van der Waals surface area (Å²) in [5.74, 6) is 0.649. The predicted octanol–water partition coefficient (Wildman–Crippen LogP) is 5.36. The molecule has 3 rings (SSSR count). The summed E-state index contributed by atoms with van der Waals surface area (Å²) in [4.78, 5) is 19.0. The van der Waals surface area contributed by atoms with Crippen LogP contribution in [0.1, 0.15) is 27.0 Å². The maximum Gasteiger partial charge on any atom is 0.261 e. The SMILES string of the molecule is Cc1ccc(C)c(CSC2=NCCN2C(=O)c2ccc(Cl)cc2Cl)c1. The molecule has 0 bridgehead atoms. The molecule has 130 valence electrons. The Morgan fingerprint density at radius 1 is 1.20 bits per heavy atom. The Morgan fingerprint density at radius 3 is 2.76 bits per heavy atom. The fourth-order valence-electron chi connectivity index (χ4n) is 2.64. The number of benzene rings is 2. The first-order chi connectivity index (χ1) is 12.0. The van der Waals surface area contributed by atoms with Crippen LogP contribution in [0.2, 0.25) is 10.0 Å². The van der Waals surface area contributed by atoms with Gasteiger partial charge in [0.15, 0.2) is 5.17 Å². The first-order valence-electron chi connectivity index (χ1n) is 7.96. The molecule has 1 aliphatic rings. The normalized spacial score (nSPS) is 13.9. The zero-order valence-electron chi connectivity index (χ0n) is 14.1. The Morgan fingerprint density at radius 2 is 2.00 bits per heavy atom. The molecule has 3 nitrogen and oxygen atoms in total. The average Bonchev–Trinajstić information content (AvgIpc) is 3.03. The van der Waals surface area contributed by atoms with Gasteiger partial charge in [-0.3, -0.25) is 14.7 Å². The summed E-state index contributed by atoms with van der Waals surface area (Å²) in [6.07, 6.45) is 0. The van der Waals surface area contributed by atoms with Crippen molar-refractivity contribution in [3.05, 3.63) is 68.7 Å². The third-order valence-corrected chi connectivity index (χ3v) is 5.68. The Bertz CT molecular complexity index is 851. The maximum absolute atomic E-state index is 12.8. The number of carbonyl (C=O) groups excluding carboxylic acids is 1. The Labute approximate surface area is 162 Å². The molecule has 0 unspecified atom stereocenters. The molecule has 6 heteroatoms. The maximum atomic E-state index is 12.8. The van der Waals surface area contributed by atoms with Crippen molar-refractivity contribution in [1.29, 1.82) is 0 Å². The van der Waals surface area contributed by atoms with E-state index in [2.05, 4.69) is 37.0 Å². The average molecular weight is 393 g/mol. The lowest BCUT2D eigenvalue weighted by Gasteiger charge is -2.19. The van der Waals surface area contributed by atoms with Crippen molar-refractivity contribution in [2.75, 3.05) is 13.1 Å². The molecular formula is C19H18Cl2N2OS.